The first-order valence-electron chi connectivity index (χ1n) is 7.27. The number of benzene rings is 1. The highest BCUT2D eigenvalue weighted by Gasteiger charge is 2.47. The molecule has 104 valence electrons. The van der Waals surface area contributed by atoms with Crippen LogP contribution in [0.5, 0.6) is 0 Å². The van der Waals surface area contributed by atoms with Crippen LogP contribution in [0.3, 0.4) is 0 Å². The third-order valence-electron chi connectivity index (χ3n) is 4.59. The average molecular weight is 357 g/mol. The van der Waals surface area contributed by atoms with Crippen molar-refractivity contribution in [2.24, 2.45) is 5.92 Å². The third-order valence-corrected chi connectivity index (χ3v) is 8.78. The van der Waals surface area contributed by atoms with Crippen LogP contribution in [-0.4, -0.2) is 15.6 Å². The fourth-order valence-corrected chi connectivity index (χ4v) is 7.60. The summed E-state index contributed by atoms with van der Waals surface area (Å²) in [4.78, 5) is 0. The summed E-state index contributed by atoms with van der Waals surface area (Å²) in [7, 11) is 0. The van der Waals surface area contributed by atoms with Gasteiger partial charge in [0.15, 0.2) is 0 Å². The van der Waals surface area contributed by atoms with Crippen molar-refractivity contribution in [3.8, 4) is 0 Å². The minimum absolute atomic E-state index is 0.479. The minimum atomic E-state index is 0.479. The molecule has 0 N–H and O–H groups in total. The lowest BCUT2D eigenvalue weighted by molar-refractivity contribution is 0.312. The smallest absolute Gasteiger partial charge is 0.0682 e. The third kappa shape index (κ3) is 2.89. The van der Waals surface area contributed by atoms with Crippen LogP contribution in [0.25, 0.3) is 0 Å². The summed E-state index contributed by atoms with van der Waals surface area (Å²) in [6.45, 7) is 2.36. The Balaban J connectivity index is 1.88. The highest BCUT2D eigenvalue weighted by Crippen LogP contribution is 2.60. The number of halogens is 1. The molecule has 1 saturated heterocycles. The van der Waals surface area contributed by atoms with Gasteiger partial charge >= 0.3 is 0 Å². The zero-order valence-corrected chi connectivity index (χ0v) is 14.6. The fourth-order valence-electron chi connectivity index (χ4n) is 3.52. The molecule has 0 unspecified atom stereocenters. The molecule has 3 rings (SSSR count). The molecule has 2 atom stereocenters. The van der Waals surface area contributed by atoms with E-state index in [9.17, 15) is 0 Å². The van der Waals surface area contributed by atoms with Crippen LogP contribution in [0.4, 0.5) is 0 Å². The molecule has 3 heteroatoms. The van der Waals surface area contributed by atoms with Crippen molar-refractivity contribution in [3.63, 3.8) is 0 Å². The first kappa shape index (κ1) is 14.3. The van der Waals surface area contributed by atoms with Gasteiger partial charge in [0, 0.05) is 21.9 Å². The summed E-state index contributed by atoms with van der Waals surface area (Å²) in [5.41, 5.74) is 1.56. The van der Waals surface area contributed by atoms with Crippen molar-refractivity contribution in [1.82, 2.24) is 0 Å². The van der Waals surface area contributed by atoms with Gasteiger partial charge in [-0.15, -0.1) is 23.5 Å². The summed E-state index contributed by atoms with van der Waals surface area (Å²) in [5, 5.41) is 0. The molecule has 1 aromatic carbocycles. The Labute approximate surface area is 133 Å². The molecule has 0 nitrogen and oxygen atoms in total. The van der Waals surface area contributed by atoms with E-state index in [0.717, 1.165) is 11.8 Å². The average Bonchev–Trinajstić information content (AvgIpc) is 2.89. The predicted molar refractivity (Wildman–Crippen MR) is 92.2 cm³/mol. The van der Waals surface area contributed by atoms with Gasteiger partial charge in [0.05, 0.1) is 4.08 Å². The van der Waals surface area contributed by atoms with E-state index in [1.807, 2.05) is 0 Å². The van der Waals surface area contributed by atoms with Crippen molar-refractivity contribution in [2.75, 3.05) is 11.5 Å². The van der Waals surface area contributed by atoms with E-state index in [-0.39, 0.29) is 0 Å². The number of hydrogen-bond donors (Lipinski definition) is 0. The highest BCUT2D eigenvalue weighted by atomic mass is 79.9. The van der Waals surface area contributed by atoms with E-state index in [2.05, 4.69) is 70.6 Å². The summed E-state index contributed by atoms with van der Waals surface area (Å²) in [5.74, 6) is 4.38. The van der Waals surface area contributed by atoms with Gasteiger partial charge in [-0.25, -0.2) is 0 Å². The first-order chi connectivity index (χ1) is 9.23. The SMILES string of the molecule is CC[C@@H]1CC[C@@H](c2ccc(Br)cc2)C2(C1)SCCS2. The molecule has 2 fully saturated rings. The second kappa shape index (κ2) is 6.03. The van der Waals surface area contributed by atoms with Gasteiger partial charge in [-0.1, -0.05) is 41.4 Å². The maximum absolute atomic E-state index is 3.55. The molecule has 2 aliphatic rings. The Hall–Kier alpha value is 0.400. The van der Waals surface area contributed by atoms with Gasteiger partial charge in [-0.05, 0) is 42.9 Å². The monoisotopic (exact) mass is 356 g/mol. The molecule has 0 aromatic heterocycles. The van der Waals surface area contributed by atoms with Gasteiger partial charge in [0.1, 0.15) is 0 Å². The molecule has 19 heavy (non-hydrogen) atoms. The van der Waals surface area contributed by atoms with Crippen LogP contribution in [0.1, 0.15) is 44.1 Å². The van der Waals surface area contributed by atoms with Crippen LogP contribution in [0.2, 0.25) is 0 Å². The fraction of sp³-hybridized carbons (Fsp3) is 0.625. The Morgan fingerprint density at radius 3 is 2.47 bits per heavy atom. The first-order valence-corrected chi connectivity index (χ1v) is 10.0. The number of rotatable bonds is 2. The van der Waals surface area contributed by atoms with Gasteiger partial charge in [0.25, 0.3) is 0 Å². The van der Waals surface area contributed by atoms with E-state index in [1.54, 1.807) is 5.56 Å². The molecule has 0 radical (unpaired) electrons. The topological polar surface area (TPSA) is 0 Å². The molecule has 0 amide bonds. The van der Waals surface area contributed by atoms with Crippen molar-refractivity contribution >= 4 is 39.5 Å². The summed E-state index contributed by atoms with van der Waals surface area (Å²) >= 11 is 8.04. The van der Waals surface area contributed by atoms with E-state index in [1.165, 1.54) is 41.7 Å². The largest absolute Gasteiger partial charge is 0.143 e. The van der Waals surface area contributed by atoms with Gasteiger partial charge < -0.3 is 0 Å². The standard InChI is InChI=1S/C16H21BrS2/c1-2-12-3-8-15(13-4-6-14(17)7-5-13)16(11-12)18-9-10-19-16/h4-7,12,15H,2-3,8-11H2,1H3/t12-,15+/m1/s1. The van der Waals surface area contributed by atoms with E-state index < -0.39 is 0 Å². The maximum atomic E-state index is 3.55. The lowest BCUT2D eigenvalue weighted by Gasteiger charge is -2.43. The molecule has 1 aromatic rings. The highest BCUT2D eigenvalue weighted by molar-refractivity contribution is 9.10. The van der Waals surface area contributed by atoms with Crippen molar-refractivity contribution in [1.29, 1.82) is 0 Å². The zero-order valence-electron chi connectivity index (χ0n) is 11.4. The van der Waals surface area contributed by atoms with E-state index in [4.69, 9.17) is 0 Å². The van der Waals surface area contributed by atoms with Crippen LogP contribution < -0.4 is 0 Å². The second-order valence-corrected chi connectivity index (χ2v) is 9.69. The minimum Gasteiger partial charge on any atom is -0.143 e. The summed E-state index contributed by atoms with van der Waals surface area (Å²) in [6, 6.07) is 9.09. The van der Waals surface area contributed by atoms with Gasteiger partial charge in [0.2, 0.25) is 0 Å². The molecular weight excluding hydrogens is 336 g/mol. The number of hydrogen-bond acceptors (Lipinski definition) is 2. The summed E-state index contributed by atoms with van der Waals surface area (Å²) in [6.07, 6.45) is 5.57. The zero-order chi connectivity index (χ0) is 13.3. The maximum Gasteiger partial charge on any atom is 0.0682 e. The second-order valence-electron chi connectivity index (χ2n) is 5.67. The molecule has 1 heterocycles. The van der Waals surface area contributed by atoms with E-state index >= 15 is 0 Å². The predicted octanol–water partition coefficient (Wildman–Crippen LogP) is 5.92. The Morgan fingerprint density at radius 1 is 1.16 bits per heavy atom. The Morgan fingerprint density at radius 2 is 1.84 bits per heavy atom. The molecule has 1 spiro atoms. The lowest BCUT2D eigenvalue weighted by Crippen LogP contribution is -2.34. The Bertz CT molecular complexity index is 423. The number of thioether (sulfide) groups is 2. The van der Waals surface area contributed by atoms with Crippen molar-refractivity contribution < 1.29 is 0 Å². The normalized spacial score (nSPS) is 29.8. The van der Waals surface area contributed by atoms with E-state index in [0.29, 0.717) is 4.08 Å². The molecule has 1 aliphatic carbocycles. The lowest BCUT2D eigenvalue weighted by atomic mass is 9.77. The van der Waals surface area contributed by atoms with Gasteiger partial charge in [-0.2, -0.15) is 0 Å². The quantitative estimate of drug-likeness (QED) is 0.644. The Kier molecular flexibility index (Phi) is 4.55. The van der Waals surface area contributed by atoms with Crippen LogP contribution in [0.15, 0.2) is 28.7 Å². The van der Waals surface area contributed by atoms with Gasteiger partial charge in [-0.3, -0.25) is 0 Å². The summed E-state index contributed by atoms with van der Waals surface area (Å²) < 4.78 is 1.67. The molecule has 1 aliphatic heterocycles. The molecule has 1 saturated carbocycles. The molecular formula is C16H21BrS2. The van der Waals surface area contributed by atoms with Crippen LogP contribution >= 0.6 is 39.5 Å². The van der Waals surface area contributed by atoms with Crippen LogP contribution in [0, 0.1) is 5.92 Å². The molecule has 0 bridgehead atoms. The van der Waals surface area contributed by atoms with Crippen molar-refractivity contribution in [2.45, 2.75) is 42.6 Å². The van der Waals surface area contributed by atoms with Crippen molar-refractivity contribution in [3.05, 3.63) is 34.3 Å². The van der Waals surface area contributed by atoms with Crippen LogP contribution in [-0.2, 0) is 0 Å².